The molecule has 27 heavy (non-hydrogen) atoms. The minimum Gasteiger partial charge on any atom is -0.407 e. The van der Waals surface area contributed by atoms with Crippen LogP contribution in [0.1, 0.15) is 46.8 Å². The average Bonchev–Trinajstić information content (AvgIpc) is 3.05. The number of thioether (sulfide) groups is 1. The predicted octanol–water partition coefficient (Wildman–Crippen LogP) is 5.03. The number of amides is 1. The van der Waals surface area contributed by atoms with E-state index < -0.39 is 0 Å². The van der Waals surface area contributed by atoms with Crippen molar-refractivity contribution in [3.63, 3.8) is 0 Å². The summed E-state index contributed by atoms with van der Waals surface area (Å²) in [6.45, 7) is 8.42. The molecule has 3 aromatic rings. The highest BCUT2D eigenvalue weighted by Gasteiger charge is 2.12. The Morgan fingerprint density at radius 3 is 2.48 bits per heavy atom. The molecule has 3 rings (SSSR count). The van der Waals surface area contributed by atoms with Gasteiger partial charge in [-0.05, 0) is 54.8 Å². The van der Waals surface area contributed by atoms with Gasteiger partial charge in [0.05, 0.1) is 6.42 Å². The molecule has 0 fully saturated rings. The monoisotopic (exact) mass is 381 g/mol. The fourth-order valence-corrected chi connectivity index (χ4v) is 3.43. The van der Waals surface area contributed by atoms with Crippen molar-refractivity contribution in [1.82, 2.24) is 10.2 Å². The number of aromatic nitrogens is 2. The van der Waals surface area contributed by atoms with Gasteiger partial charge in [-0.25, -0.2) is 0 Å². The van der Waals surface area contributed by atoms with E-state index in [4.69, 9.17) is 4.42 Å². The summed E-state index contributed by atoms with van der Waals surface area (Å²) in [5.41, 5.74) is 4.12. The first kappa shape index (κ1) is 19.2. The molecule has 0 aliphatic heterocycles. The fourth-order valence-electron chi connectivity index (χ4n) is 2.59. The van der Waals surface area contributed by atoms with Gasteiger partial charge in [0, 0.05) is 15.7 Å². The second kappa shape index (κ2) is 8.39. The van der Waals surface area contributed by atoms with Crippen molar-refractivity contribution in [2.75, 3.05) is 5.32 Å². The Kier molecular flexibility index (Phi) is 5.96. The van der Waals surface area contributed by atoms with Crippen molar-refractivity contribution >= 4 is 23.7 Å². The van der Waals surface area contributed by atoms with Crippen LogP contribution in [0.3, 0.4) is 0 Å². The summed E-state index contributed by atoms with van der Waals surface area (Å²) in [7, 11) is 0. The van der Waals surface area contributed by atoms with E-state index in [1.807, 2.05) is 18.2 Å². The van der Waals surface area contributed by atoms with Crippen LogP contribution in [0.4, 0.5) is 6.01 Å². The molecule has 0 saturated heterocycles. The fraction of sp³-hybridized carbons (Fsp3) is 0.286. The number of carbonyl (C=O) groups is 1. The third-order valence-electron chi connectivity index (χ3n) is 4.10. The SMILES string of the molecule is Cc1ccc(Cc2nnc(NC(=O)c3ccc(SC(C)C)cc3)o2)cc1C. The molecule has 1 heterocycles. The molecule has 2 aromatic carbocycles. The number of carbonyl (C=O) groups excluding carboxylic acids is 1. The van der Waals surface area contributed by atoms with Gasteiger partial charge in [0.2, 0.25) is 5.89 Å². The van der Waals surface area contributed by atoms with Crippen molar-refractivity contribution in [3.8, 4) is 0 Å². The maximum absolute atomic E-state index is 12.4. The predicted molar refractivity (Wildman–Crippen MR) is 108 cm³/mol. The van der Waals surface area contributed by atoms with E-state index in [0.29, 0.717) is 23.1 Å². The van der Waals surface area contributed by atoms with Gasteiger partial charge in [0.1, 0.15) is 0 Å². The third-order valence-corrected chi connectivity index (χ3v) is 5.12. The molecule has 6 heteroatoms. The van der Waals surface area contributed by atoms with E-state index in [-0.39, 0.29) is 11.9 Å². The summed E-state index contributed by atoms with van der Waals surface area (Å²) in [6, 6.07) is 13.8. The topological polar surface area (TPSA) is 68.0 Å². The van der Waals surface area contributed by atoms with Gasteiger partial charge in [0.25, 0.3) is 5.91 Å². The highest BCUT2D eigenvalue weighted by Crippen LogP contribution is 2.23. The van der Waals surface area contributed by atoms with Gasteiger partial charge in [-0.15, -0.1) is 16.9 Å². The lowest BCUT2D eigenvalue weighted by atomic mass is 10.0. The lowest BCUT2D eigenvalue weighted by Crippen LogP contribution is -2.12. The zero-order valence-corrected chi connectivity index (χ0v) is 16.8. The summed E-state index contributed by atoms with van der Waals surface area (Å²) in [4.78, 5) is 13.5. The van der Waals surface area contributed by atoms with Crippen molar-refractivity contribution in [2.45, 2.75) is 44.3 Å². The molecular formula is C21H23N3O2S. The largest absolute Gasteiger partial charge is 0.407 e. The van der Waals surface area contributed by atoms with Crippen LogP contribution in [0.5, 0.6) is 0 Å². The molecule has 0 bridgehead atoms. The Morgan fingerprint density at radius 2 is 1.81 bits per heavy atom. The van der Waals surface area contributed by atoms with Gasteiger partial charge in [-0.1, -0.05) is 37.1 Å². The molecule has 0 atom stereocenters. The molecule has 5 nitrogen and oxygen atoms in total. The first-order valence-electron chi connectivity index (χ1n) is 8.87. The van der Waals surface area contributed by atoms with Gasteiger partial charge < -0.3 is 4.42 Å². The standard InChI is InChI=1S/C21H23N3O2S/c1-13(2)27-18-9-7-17(8-10-18)20(25)22-21-24-23-19(26-21)12-16-6-5-14(3)15(4)11-16/h5-11,13H,12H2,1-4H3,(H,22,24,25). The summed E-state index contributed by atoms with van der Waals surface area (Å²) in [5, 5.41) is 11.1. The number of hydrogen-bond donors (Lipinski definition) is 1. The number of nitrogens with one attached hydrogen (secondary N) is 1. The van der Waals surface area contributed by atoms with E-state index in [9.17, 15) is 4.79 Å². The smallest absolute Gasteiger partial charge is 0.322 e. The molecule has 0 spiro atoms. The van der Waals surface area contributed by atoms with Crippen LogP contribution < -0.4 is 5.32 Å². The first-order valence-corrected chi connectivity index (χ1v) is 9.75. The van der Waals surface area contributed by atoms with Crippen molar-refractivity contribution in [3.05, 3.63) is 70.6 Å². The Hall–Kier alpha value is -2.60. The van der Waals surface area contributed by atoms with Crippen molar-refractivity contribution < 1.29 is 9.21 Å². The summed E-state index contributed by atoms with van der Waals surface area (Å²) >= 11 is 1.76. The molecule has 0 aliphatic rings. The molecule has 1 amide bonds. The first-order chi connectivity index (χ1) is 12.9. The highest BCUT2D eigenvalue weighted by molar-refractivity contribution is 7.99. The molecule has 1 aromatic heterocycles. The second-order valence-electron chi connectivity index (χ2n) is 6.74. The maximum Gasteiger partial charge on any atom is 0.322 e. The Bertz CT molecular complexity index is 933. The zero-order chi connectivity index (χ0) is 19.4. The molecule has 0 saturated carbocycles. The van der Waals surface area contributed by atoms with Crippen molar-refractivity contribution in [1.29, 1.82) is 0 Å². The maximum atomic E-state index is 12.4. The minimum absolute atomic E-state index is 0.111. The van der Waals surface area contributed by atoms with E-state index in [0.717, 1.165) is 10.5 Å². The number of benzene rings is 2. The van der Waals surface area contributed by atoms with Crippen LogP contribution >= 0.6 is 11.8 Å². The van der Waals surface area contributed by atoms with Crippen LogP contribution in [-0.2, 0) is 6.42 Å². The number of aryl methyl sites for hydroxylation is 2. The lowest BCUT2D eigenvalue weighted by molar-refractivity contribution is 0.102. The number of hydrogen-bond acceptors (Lipinski definition) is 5. The molecule has 0 unspecified atom stereocenters. The van der Waals surface area contributed by atoms with Gasteiger partial charge >= 0.3 is 6.01 Å². The summed E-state index contributed by atoms with van der Waals surface area (Å²) in [6.07, 6.45) is 0.533. The van der Waals surface area contributed by atoms with Gasteiger partial charge in [-0.3, -0.25) is 10.1 Å². The summed E-state index contributed by atoms with van der Waals surface area (Å²) in [5.74, 6) is 0.203. The lowest BCUT2D eigenvalue weighted by Gasteiger charge is -2.05. The van der Waals surface area contributed by atoms with Crippen LogP contribution in [-0.4, -0.2) is 21.4 Å². The van der Waals surface area contributed by atoms with E-state index in [1.165, 1.54) is 11.1 Å². The molecule has 1 N–H and O–H groups in total. The molecule has 0 radical (unpaired) electrons. The van der Waals surface area contributed by atoms with Crippen molar-refractivity contribution in [2.24, 2.45) is 0 Å². The van der Waals surface area contributed by atoms with Gasteiger partial charge in [0.15, 0.2) is 0 Å². The second-order valence-corrected chi connectivity index (χ2v) is 8.39. The average molecular weight is 382 g/mol. The zero-order valence-electron chi connectivity index (χ0n) is 15.9. The number of rotatable bonds is 6. The van der Waals surface area contributed by atoms with E-state index in [2.05, 4.69) is 55.3 Å². The Balaban J connectivity index is 1.62. The quantitative estimate of drug-likeness (QED) is 0.607. The molecule has 140 valence electrons. The third kappa shape index (κ3) is 5.20. The van der Waals surface area contributed by atoms with E-state index in [1.54, 1.807) is 23.9 Å². The van der Waals surface area contributed by atoms with Crippen LogP contribution in [0.25, 0.3) is 0 Å². The Morgan fingerprint density at radius 1 is 1.07 bits per heavy atom. The Labute approximate surface area is 163 Å². The molecule has 0 aliphatic carbocycles. The summed E-state index contributed by atoms with van der Waals surface area (Å²) < 4.78 is 5.57. The highest BCUT2D eigenvalue weighted by atomic mass is 32.2. The van der Waals surface area contributed by atoms with Crippen LogP contribution in [0.15, 0.2) is 51.8 Å². The van der Waals surface area contributed by atoms with Gasteiger partial charge in [-0.2, -0.15) is 0 Å². The number of anilines is 1. The minimum atomic E-state index is -0.266. The van der Waals surface area contributed by atoms with Crippen LogP contribution in [0, 0.1) is 13.8 Å². The molecular weight excluding hydrogens is 358 g/mol. The van der Waals surface area contributed by atoms with Crippen LogP contribution in [0.2, 0.25) is 0 Å². The number of nitrogens with zero attached hydrogens (tertiary/aromatic N) is 2. The normalized spacial score (nSPS) is 11.0. The van der Waals surface area contributed by atoms with E-state index >= 15 is 0 Å².